The summed E-state index contributed by atoms with van der Waals surface area (Å²) in [6.45, 7) is 4.16. The molecule has 1 aliphatic heterocycles. The van der Waals surface area contributed by atoms with E-state index in [2.05, 4.69) is 9.97 Å². The molecule has 1 N–H and O–H groups in total. The van der Waals surface area contributed by atoms with E-state index in [9.17, 15) is 14.7 Å². The van der Waals surface area contributed by atoms with Gasteiger partial charge in [0.2, 0.25) is 5.60 Å². The molecule has 1 aliphatic rings. The van der Waals surface area contributed by atoms with Crippen LogP contribution in [0.15, 0.2) is 30.5 Å². The second kappa shape index (κ2) is 7.52. The highest BCUT2D eigenvalue weighted by Gasteiger charge is 2.45. The van der Waals surface area contributed by atoms with Crippen LogP contribution in [-0.4, -0.2) is 50.5 Å². The predicted octanol–water partition coefficient (Wildman–Crippen LogP) is 2.89. The van der Waals surface area contributed by atoms with Crippen LogP contribution in [0, 0.1) is 13.8 Å². The first kappa shape index (κ1) is 19.1. The van der Waals surface area contributed by atoms with E-state index < -0.39 is 11.6 Å². The number of hydrogen-bond donors (Lipinski definition) is 1. The van der Waals surface area contributed by atoms with E-state index in [4.69, 9.17) is 16.3 Å². The number of carboxylic acids is 1. The van der Waals surface area contributed by atoms with Crippen LogP contribution in [0.1, 0.15) is 34.7 Å². The molecule has 1 saturated heterocycles. The zero-order valence-electron chi connectivity index (χ0n) is 15.1. The predicted molar refractivity (Wildman–Crippen MR) is 99.1 cm³/mol. The molecule has 0 atom stereocenters. The minimum Gasteiger partial charge on any atom is -0.478 e. The molecule has 3 heterocycles. The average Bonchev–Trinajstić information content (AvgIpc) is 2.64. The third kappa shape index (κ3) is 4.03. The van der Waals surface area contributed by atoms with Gasteiger partial charge in [0.25, 0.3) is 5.91 Å². The monoisotopic (exact) mass is 389 g/mol. The number of amides is 1. The van der Waals surface area contributed by atoms with Gasteiger partial charge in [0.1, 0.15) is 11.4 Å². The maximum atomic E-state index is 12.6. The molecule has 0 bridgehead atoms. The molecule has 7 nitrogen and oxygen atoms in total. The fraction of sp³-hybridized carbons (Fsp3) is 0.368. The van der Waals surface area contributed by atoms with E-state index in [-0.39, 0.29) is 37.5 Å². The number of hydrogen-bond acceptors (Lipinski definition) is 5. The van der Waals surface area contributed by atoms with Gasteiger partial charge >= 0.3 is 5.97 Å². The lowest BCUT2D eigenvalue weighted by atomic mass is 9.90. The summed E-state index contributed by atoms with van der Waals surface area (Å²) in [6.07, 6.45) is 1.76. The minimum atomic E-state index is -1.38. The van der Waals surface area contributed by atoms with Gasteiger partial charge in [0, 0.05) is 37.8 Å². The number of aryl methyl sites for hydroxylation is 2. The number of aromatic nitrogens is 2. The van der Waals surface area contributed by atoms with E-state index in [1.54, 1.807) is 36.1 Å². The topological polar surface area (TPSA) is 92.6 Å². The Balaban J connectivity index is 1.74. The summed E-state index contributed by atoms with van der Waals surface area (Å²) >= 11 is 5.80. The molecular formula is C19H20ClN3O4. The van der Waals surface area contributed by atoms with Crippen molar-refractivity contribution in [2.45, 2.75) is 32.3 Å². The summed E-state index contributed by atoms with van der Waals surface area (Å²) in [6, 6.07) is 6.67. The normalized spacial score (nSPS) is 16.0. The summed E-state index contributed by atoms with van der Waals surface area (Å²) in [5.74, 6) is -0.847. The van der Waals surface area contributed by atoms with Gasteiger partial charge < -0.3 is 14.7 Å². The van der Waals surface area contributed by atoms with Gasteiger partial charge in [-0.05, 0) is 38.1 Å². The maximum absolute atomic E-state index is 12.6. The molecule has 0 radical (unpaired) electrons. The van der Waals surface area contributed by atoms with Gasteiger partial charge in [0.15, 0.2) is 0 Å². The summed E-state index contributed by atoms with van der Waals surface area (Å²) in [5, 5.41) is 10.2. The van der Waals surface area contributed by atoms with Crippen LogP contribution in [0.4, 0.5) is 0 Å². The van der Waals surface area contributed by atoms with Crippen LogP contribution in [0.3, 0.4) is 0 Å². The van der Waals surface area contributed by atoms with E-state index in [0.29, 0.717) is 16.5 Å². The molecule has 3 rings (SSSR count). The lowest BCUT2D eigenvalue weighted by Gasteiger charge is -2.38. The van der Waals surface area contributed by atoms with Gasteiger partial charge in [0.05, 0.1) is 10.7 Å². The molecule has 0 unspecified atom stereocenters. The van der Waals surface area contributed by atoms with E-state index in [1.807, 2.05) is 6.92 Å². The second-order valence-corrected chi connectivity index (χ2v) is 7.03. The van der Waals surface area contributed by atoms with Crippen LogP contribution in [0.2, 0.25) is 5.02 Å². The first-order chi connectivity index (χ1) is 12.8. The van der Waals surface area contributed by atoms with Crippen molar-refractivity contribution in [1.29, 1.82) is 0 Å². The van der Waals surface area contributed by atoms with Crippen LogP contribution < -0.4 is 4.74 Å². The number of aliphatic carboxylic acids is 1. The van der Waals surface area contributed by atoms with Gasteiger partial charge in [-0.1, -0.05) is 11.6 Å². The largest absolute Gasteiger partial charge is 0.478 e. The number of ether oxygens (including phenoxy) is 1. The minimum absolute atomic E-state index is 0.176. The van der Waals surface area contributed by atoms with Crippen LogP contribution in [0.5, 0.6) is 5.75 Å². The first-order valence-electron chi connectivity index (χ1n) is 8.58. The van der Waals surface area contributed by atoms with Crippen LogP contribution >= 0.6 is 11.6 Å². The second-order valence-electron chi connectivity index (χ2n) is 6.59. The Hall–Kier alpha value is -2.67. The van der Waals surface area contributed by atoms with Gasteiger partial charge in [-0.3, -0.25) is 9.78 Å². The molecule has 2 aromatic heterocycles. The summed E-state index contributed by atoms with van der Waals surface area (Å²) in [7, 11) is 0. The molecule has 1 fully saturated rings. The third-order valence-corrected chi connectivity index (χ3v) is 4.90. The molecular weight excluding hydrogens is 370 g/mol. The number of rotatable bonds is 4. The molecule has 0 aromatic carbocycles. The molecule has 0 aliphatic carbocycles. The lowest BCUT2D eigenvalue weighted by Crippen LogP contribution is -2.54. The molecule has 2 aromatic rings. The van der Waals surface area contributed by atoms with Gasteiger partial charge in [-0.25, -0.2) is 9.78 Å². The Kier molecular flexibility index (Phi) is 5.32. The zero-order chi connectivity index (χ0) is 19.6. The van der Waals surface area contributed by atoms with Gasteiger partial charge in [-0.15, -0.1) is 0 Å². The van der Waals surface area contributed by atoms with Crippen molar-refractivity contribution in [3.63, 3.8) is 0 Å². The molecule has 142 valence electrons. The van der Waals surface area contributed by atoms with E-state index >= 15 is 0 Å². The number of halogens is 1. The fourth-order valence-corrected chi connectivity index (χ4v) is 3.20. The third-order valence-electron chi connectivity index (χ3n) is 4.68. The van der Waals surface area contributed by atoms with Crippen LogP contribution in [0.25, 0.3) is 0 Å². The number of nitrogens with zero attached hydrogens (tertiary/aromatic N) is 3. The van der Waals surface area contributed by atoms with Crippen molar-refractivity contribution < 1.29 is 19.4 Å². The maximum Gasteiger partial charge on any atom is 0.348 e. The SMILES string of the molecule is Cc1ccc(OC2(C(=O)O)CCN(C(=O)c3ccc(Cl)cn3)CC2)c(C)n1. The molecule has 8 heteroatoms. The van der Waals surface area contributed by atoms with Crippen LogP contribution in [-0.2, 0) is 4.79 Å². The standard InChI is InChI=1S/C19H20ClN3O4/c1-12-3-6-16(13(2)22-12)27-19(18(25)26)7-9-23(10-8-19)17(24)15-5-4-14(20)11-21-15/h3-6,11H,7-10H2,1-2H3,(H,25,26). The van der Waals surface area contributed by atoms with E-state index in [1.165, 1.54) is 6.20 Å². The highest BCUT2D eigenvalue weighted by Crippen LogP contribution is 2.31. The Labute approximate surface area is 162 Å². The number of carboxylic acid groups (broad SMARTS) is 1. The summed E-state index contributed by atoms with van der Waals surface area (Å²) < 4.78 is 5.91. The number of carbonyl (C=O) groups is 2. The van der Waals surface area contributed by atoms with Crippen molar-refractivity contribution in [3.8, 4) is 5.75 Å². The quantitative estimate of drug-likeness (QED) is 0.864. The zero-order valence-corrected chi connectivity index (χ0v) is 15.9. The lowest BCUT2D eigenvalue weighted by molar-refractivity contribution is -0.159. The molecule has 0 spiro atoms. The number of piperidine rings is 1. The van der Waals surface area contributed by atoms with Crippen molar-refractivity contribution in [3.05, 3.63) is 52.6 Å². The van der Waals surface area contributed by atoms with Crippen molar-refractivity contribution in [2.75, 3.05) is 13.1 Å². The number of likely N-dealkylation sites (tertiary alicyclic amines) is 1. The Morgan fingerprint density at radius 2 is 1.89 bits per heavy atom. The van der Waals surface area contributed by atoms with E-state index in [0.717, 1.165) is 5.69 Å². The Morgan fingerprint density at radius 1 is 1.19 bits per heavy atom. The van der Waals surface area contributed by atoms with Crippen molar-refractivity contribution in [1.82, 2.24) is 14.9 Å². The molecule has 0 saturated carbocycles. The van der Waals surface area contributed by atoms with Gasteiger partial charge in [-0.2, -0.15) is 0 Å². The Bertz CT molecular complexity index is 862. The average molecular weight is 390 g/mol. The molecule has 27 heavy (non-hydrogen) atoms. The molecule has 1 amide bonds. The smallest absolute Gasteiger partial charge is 0.348 e. The summed E-state index contributed by atoms with van der Waals surface area (Å²) in [4.78, 5) is 34.5. The fourth-order valence-electron chi connectivity index (χ4n) is 3.09. The highest BCUT2D eigenvalue weighted by atomic mass is 35.5. The Morgan fingerprint density at radius 3 is 2.44 bits per heavy atom. The van der Waals surface area contributed by atoms with Crippen molar-refractivity contribution >= 4 is 23.5 Å². The first-order valence-corrected chi connectivity index (χ1v) is 8.96. The van der Waals surface area contributed by atoms with Crippen molar-refractivity contribution in [2.24, 2.45) is 0 Å². The number of pyridine rings is 2. The number of carbonyl (C=O) groups excluding carboxylic acids is 1. The summed E-state index contributed by atoms with van der Waals surface area (Å²) in [5.41, 5.74) is 0.368. The highest BCUT2D eigenvalue weighted by molar-refractivity contribution is 6.30.